The molecule has 16 heavy (non-hydrogen) atoms. The van der Waals surface area contributed by atoms with Crippen molar-refractivity contribution in [3.8, 4) is 0 Å². The third-order valence-electron chi connectivity index (χ3n) is 2.81. The predicted octanol–water partition coefficient (Wildman–Crippen LogP) is 1.24. The van der Waals surface area contributed by atoms with E-state index in [2.05, 4.69) is 10.3 Å². The zero-order valence-electron chi connectivity index (χ0n) is 9.48. The van der Waals surface area contributed by atoms with E-state index in [1.807, 2.05) is 23.5 Å². The minimum Gasteiger partial charge on any atom is -0.336 e. The van der Waals surface area contributed by atoms with Gasteiger partial charge >= 0.3 is 0 Å². The summed E-state index contributed by atoms with van der Waals surface area (Å²) in [6.45, 7) is 4.48. The molecule has 1 unspecified atom stereocenters. The number of hydrogen-bond acceptors (Lipinski definition) is 4. The summed E-state index contributed by atoms with van der Waals surface area (Å²) < 4.78 is 0. The number of carbonyl (C=O) groups is 1. The fourth-order valence-corrected chi connectivity index (χ4v) is 2.65. The van der Waals surface area contributed by atoms with E-state index in [9.17, 15) is 4.79 Å². The van der Waals surface area contributed by atoms with Crippen LogP contribution in [-0.2, 0) is 11.3 Å². The number of likely N-dealkylation sites (N-methyl/N-ethyl adjacent to an activating group) is 1. The molecule has 1 fully saturated rings. The average Bonchev–Trinajstić information content (AvgIpc) is 2.77. The molecule has 88 valence electrons. The Bertz CT molecular complexity index is 337. The van der Waals surface area contributed by atoms with E-state index in [1.165, 1.54) is 0 Å². The monoisotopic (exact) mass is 239 g/mol. The van der Waals surface area contributed by atoms with Crippen LogP contribution in [0.1, 0.15) is 24.6 Å². The smallest absolute Gasteiger partial charge is 0.240 e. The Hall–Kier alpha value is -0.940. The average molecular weight is 239 g/mol. The molecule has 1 saturated heterocycles. The second-order valence-corrected chi connectivity index (χ2v) is 4.95. The van der Waals surface area contributed by atoms with Gasteiger partial charge in [0.2, 0.25) is 5.91 Å². The van der Waals surface area contributed by atoms with E-state index in [1.54, 1.807) is 11.3 Å². The summed E-state index contributed by atoms with van der Waals surface area (Å²) in [5.41, 5.74) is 1.81. The summed E-state index contributed by atoms with van der Waals surface area (Å²) in [5.74, 6) is 0.238. The SMILES string of the molecule is CCNC1CCCN(Cc2cncs2)C1=O. The standard InChI is InChI=1S/C11H17N3OS/c1-2-13-10-4-3-5-14(11(10)15)7-9-6-12-8-16-9/h6,8,10,13H,2-5,7H2,1H3. The van der Waals surface area contributed by atoms with E-state index < -0.39 is 0 Å². The molecule has 5 heteroatoms. The Labute approximate surface area is 99.7 Å². The summed E-state index contributed by atoms with van der Waals surface area (Å²) in [5, 5.41) is 3.24. The van der Waals surface area contributed by atoms with Gasteiger partial charge in [-0.05, 0) is 19.4 Å². The fraction of sp³-hybridized carbons (Fsp3) is 0.636. The van der Waals surface area contributed by atoms with Gasteiger partial charge in [0.25, 0.3) is 0 Å². The molecule has 1 aliphatic heterocycles. The van der Waals surface area contributed by atoms with E-state index in [4.69, 9.17) is 0 Å². The Kier molecular flexibility index (Phi) is 3.90. The Morgan fingerprint density at radius 2 is 2.56 bits per heavy atom. The van der Waals surface area contributed by atoms with E-state index in [0.29, 0.717) is 6.54 Å². The minimum absolute atomic E-state index is 0.0201. The van der Waals surface area contributed by atoms with Crippen LogP contribution in [0.2, 0.25) is 0 Å². The highest BCUT2D eigenvalue weighted by atomic mass is 32.1. The minimum atomic E-state index is 0.0201. The Balaban J connectivity index is 1.96. The lowest BCUT2D eigenvalue weighted by Crippen LogP contribution is -2.50. The highest BCUT2D eigenvalue weighted by Crippen LogP contribution is 2.16. The molecule has 2 heterocycles. The summed E-state index contributed by atoms with van der Waals surface area (Å²) >= 11 is 1.61. The van der Waals surface area contributed by atoms with Crippen LogP contribution in [0.15, 0.2) is 11.7 Å². The molecule has 1 atom stereocenters. The molecule has 0 saturated carbocycles. The van der Waals surface area contributed by atoms with Crippen molar-refractivity contribution in [2.75, 3.05) is 13.1 Å². The van der Waals surface area contributed by atoms with E-state index in [-0.39, 0.29) is 11.9 Å². The summed E-state index contributed by atoms with van der Waals surface area (Å²) in [7, 11) is 0. The second-order valence-electron chi connectivity index (χ2n) is 3.98. The van der Waals surface area contributed by atoms with Gasteiger partial charge in [-0.2, -0.15) is 0 Å². The normalized spacial score (nSPS) is 21.4. The Morgan fingerprint density at radius 1 is 1.69 bits per heavy atom. The number of thiazole rings is 1. The number of nitrogens with one attached hydrogen (secondary N) is 1. The molecular weight excluding hydrogens is 222 g/mol. The zero-order valence-corrected chi connectivity index (χ0v) is 10.3. The van der Waals surface area contributed by atoms with Gasteiger partial charge in [0.15, 0.2) is 0 Å². The summed E-state index contributed by atoms with van der Waals surface area (Å²) in [4.78, 5) is 19.2. The molecule has 1 N–H and O–H groups in total. The number of likely N-dealkylation sites (tertiary alicyclic amines) is 1. The molecule has 1 aromatic heterocycles. The number of amides is 1. The van der Waals surface area contributed by atoms with Gasteiger partial charge in [-0.1, -0.05) is 6.92 Å². The molecule has 2 rings (SSSR count). The number of carbonyl (C=O) groups excluding carboxylic acids is 1. The molecule has 0 aromatic carbocycles. The van der Waals surface area contributed by atoms with E-state index in [0.717, 1.165) is 30.8 Å². The number of aromatic nitrogens is 1. The van der Waals surface area contributed by atoms with Crippen LogP contribution in [0.5, 0.6) is 0 Å². The fourth-order valence-electron chi connectivity index (χ4n) is 2.04. The predicted molar refractivity (Wildman–Crippen MR) is 64.2 cm³/mol. The summed E-state index contributed by atoms with van der Waals surface area (Å²) in [6, 6.07) is 0.0201. The van der Waals surface area contributed by atoms with Gasteiger partial charge in [-0.25, -0.2) is 0 Å². The molecule has 1 aliphatic rings. The van der Waals surface area contributed by atoms with Gasteiger partial charge in [0.05, 0.1) is 18.1 Å². The largest absolute Gasteiger partial charge is 0.336 e. The maximum absolute atomic E-state index is 12.1. The maximum atomic E-state index is 12.1. The third kappa shape index (κ3) is 2.59. The first-order valence-corrected chi connectivity index (χ1v) is 6.58. The lowest BCUT2D eigenvalue weighted by atomic mass is 10.0. The molecule has 0 spiro atoms. The topological polar surface area (TPSA) is 45.2 Å². The lowest BCUT2D eigenvalue weighted by Gasteiger charge is -2.32. The van der Waals surface area contributed by atoms with Crippen molar-refractivity contribution in [3.05, 3.63) is 16.6 Å². The molecular formula is C11H17N3OS. The van der Waals surface area contributed by atoms with Gasteiger partial charge < -0.3 is 10.2 Å². The molecule has 0 bridgehead atoms. The second kappa shape index (κ2) is 5.41. The summed E-state index contributed by atoms with van der Waals surface area (Å²) in [6.07, 6.45) is 3.89. The first kappa shape index (κ1) is 11.5. The highest BCUT2D eigenvalue weighted by molar-refractivity contribution is 7.09. The van der Waals surface area contributed by atoms with Gasteiger partial charge in [0.1, 0.15) is 0 Å². The van der Waals surface area contributed by atoms with Crippen LogP contribution in [-0.4, -0.2) is 34.9 Å². The van der Waals surface area contributed by atoms with E-state index >= 15 is 0 Å². The van der Waals surface area contributed by atoms with Crippen LogP contribution in [0.25, 0.3) is 0 Å². The Morgan fingerprint density at radius 3 is 3.25 bits per heavy atom. The molecule has 4 nitrogen and oxygen atoms in total. The van der Waals surface area contributed by atoms with Crippen molar-refractivity contribution in [1.82, 2.24) is 15.2 Å². The maximum Gasteiger partial charge on any atom is 0.240 e. The highest BCUT2D eigenvalue weighted by Gasteiger charge is 2.27. The van der Waals surface area contributed by atoms with Crippen molar-refractivity contribution in [2.24, 2.45) is 0 Å². The van der Waals surface area contributed by atoms with Gasteiger partial charge in [0, 0.05) is 17.6 Å². The van der Waals surface area contributed by atoms with Crippen LogP contribution in [0.4, 0.5) is 0 Å². The van der Waals surface area contributed by atoms with Crippen molar-refractivity contribution in [3.63, 3.8) is 0 Å². The molecule has 1 aromatic rings. The first-order chi connectivity index (χ1) is 7.81. The van der Waals surface area contributed by atoms with Crippen LogP contribution < -0.4 is 5.32 Å². The quantitative estimate of drug-likeness (QED) is 0.860. The van der Waals surface area contributed by atoms with Crippen LogP contribution >= 0.6 is 11.3 Å². The third-order valence-corrected chi connectivity index (χ3v) is 3.58. The number of rotatable bonds is 4. The molecule has 0 radical (unpaired) electrons. The van der Waals surface area contributed by atoms with Crippen LogP contribution in [0, 0.1) is 0 Å². The number of piperidine rings is 1. The van der Waals surface area contributed by atoms with Crippen molar-refractivity contribution in [2.45, 2.75) is 32.4 Å². The lowest BCUT2D eigenvalue weighted by molar-refractivity contribution is -0.136. The van der Waals surface area contributed by atoms with Gasteiger partial charge in [-0.15, -0.1) is 11.3 Å². The first-order valence-electron chi connectivity index (χ1n) is 5.70. The number of hydrogen-bond donors (Lipinski definition) is 1. The zero-order chi connectivity index (χ0) is 11.4. The molecule has 0 aliphatic carbocycles. The van der Waals surface area contributed by atoms with Crippen molar-refractivity contribution >= 4 is 17.2 Å². The van der Waals surface area contributed by atoms with Crippen molar-refractivity contribution in [1.29, 1.82) is 0 Å². The van der Waals surface area contributed by atoms with Crippen LogP contribution in [0.3, 0.4) is 0 Å². The number of nitrogens with zero attached hydrogens (tertiary/aromatic N) is 2. The van der Waals surface area contributed by atoms with Crippen molar-refractivity contribution < 1.29 is 4.79 Å². The molecule has 1 amide bonds. The van der Waals surface area contributed by atoms with Gasteiger partial charge in [-0.3, -0.25) is 9.78 Å².